The highest BCUT2D eigenvalue weighted by molar-refractivity contribution is 5.81. The summed E-state index contributed by atoms with van der Waals surface area (Å²) in [5, 5.41) is 0. The van der Waals surface area contributed by atoms with E-state index in [-0.39, 0.29) is 5.75 Å². The van der Waals surface area contributed by atoms with Gasteiger partial charge in [-0.15, -0.1) is 0 Å². The summed E-state index contributed by atoms with van der Waals surface area (Å²) in [6.45, 7) is 1.80. The van der Waals surface area contributed by atoms with Crippen molar-refractivity contribution in [3.63, 3.8) is 0 Å². The number of rotatable bonds is 3. The summed E-state index contributed by atoms with van der Waals surface area (Å²) < 4.78 is 30.0. The predicted molar refractivity (Wildman–Crippen MR) is 49.1 cm³/mol. The zero-order valence-corrected chi connectivity index (χ0v) is 7.96. The van der Waals surface area contributed by atoms with Crippen LogP contribution < -0.4 is 16.0 Å². The number of carbonyl (C=O) groups is 1. The van der Waals surface area contributed by atoms with Gasteiger partial charge < -0.3 is 4.74 Å². The van der Waals surface area contributed by atoms with Crippen molar-refractivity contribution in [2.75, 3.05) is 0 Å². The van der Waals surface area contributed by atoms with Gasteiger partial charge in [-0.3, -0.25) is 10.2 Å². The number of hydrazine groups is 1. The van der Waals surface area contributed by atoms with E-state index in [0.29, 0.717) is 0 Å². The fraction of sp³-hybridized carbons (Fsp3) is 0.222. The van der Waals surface area contributed by atoms with Gasteiger partial charge in [0.25, 0.3) is 0 Å². The van der Waals surface area contributed by atoms with Gasteiger partial charge in [0.05, 0.1) is 0 Å². The van der Waals surface area contributed by atoms with E-state index in [1.54, 1.807) is 19.1 Å². The lowest BCUT2D eigenvalue weighted by Crippen LogP contribution is -2.47. The summed E-state index contributed by atoms with van der Waals surface area (Å²) in [5.41, 5.74) is 2.22. The van der Waals surface area contributed by atoms with Crippen LogP contribution in [0.15, 0.2) is 24.3 Å². The standard InChI is InChI=1S/C9H10F2N2O2/c1-6-2-4-7(5-3-6)15-9(10,11)8(14)13-12/h2-5H,12H2,1H3,(H,13,14). The highest BCUT2D eigenvalue weighted by Crippen LogP contribution is 2.21. The first-order valence-corrected chi connectivity index (χ1v) is 4.10. The van der Waals surface area contributed by atoms with Crippen LogP contribution in [0, 0.1) is 6.92 Å². The molecule has 0 radical (unpaired) electrons. The number of nitrogens with one attached hydrogen (secondary N) is 1. The second-order valence-electron chi connectivity index (χ2n) is 2.91. The lowest BCUT2D eigenvalue weighted by atomic mass is 10.2. The number of nitrogens with two attached hydrogens (primary N) is 1. The van der Waals surface area contributed by atoms with E-state index in [4.69, 9.17) is 0 Å². The first kappa shape index (κ1) is 11.4. The predicted octanol–water partition coefficient (Wildman–Crippen LogP) is 0.957. The van der Waals surface area contributed by atoms with Crippen LogP contribution in [0.1, 0.15) is 5.56 Å². The number of ether oxygens (including phenoxy) is 1. The molecule has 0 unspecified atom stereocenters. The molecule has 0 atom stereocenters. The van der Waals surface area contributed by atoms with Crippen LogP contribution >= 0.6 is 0 Å². The summed E-state index contributed by atoms with van der Waals surface area (Å²) in [6.07, 6.45) is -3.97. The average Bonchev–Trinajstić information content (AvgIpc) is 2.20. The average molecular weight is 216 g/mol. The van der Waals surface area contributed by atoms with Gasteiger partial charge >= 0.3 is 12.0 Å². The number of amides is 1. The Morgan fingerprint density at radius 1 is 1.40 bits per heavy atom. The highest BCUT2D eigenvalue weighted by atomic mass is 19.3. The van der Waals surface area contributed by atoms with Crippen molar-refractivity contribution in [1.29, 1.82) is 0 Å². The van der Waals surface area contributed by atoms with E-state index in [1.165, 1.54) is 17.6 Å². The minimum Gasteiger partial charge on any atom is -0.425 e. The van der Waals surface area contributed by atoms with Crippen molar-refractivity contribution < 1.29 is 18.3 Å². The molecule has 0 aliphatic rings. The maximum Gasteiger partial charge on any atom is 0.483 e. The summed E-state index contributed by atoms with van der Waals surface area (Å²) in [5.74, 6) is 2.78. The van der Waals surface area contributed by atoms with Gasteiger partial charge in [-0.1, -0.05) is 17.7 Å². The van der Waals surface area contributed by atoms with Crippen molar-refractivity contribution in [2.24, 2.45) is 5.84 Å². The number of alkyl halides is 2. The van der Waals surface area contributed by atoms with E-state index in [1.807, 2.05) is 0 Å². The zero-order chi connectivity index (χ0) is 11.5. The number of aryl methyl sites for hydroxylation is 1. The minimum absolute atomic E-state index is 0.103. The molecule has 0 aliphatic heterocycles. The van der Waals surface area contributed by atoms with Crippen molar-refractivity contribution in [3.8, 4) is 5.75 Å². The van der Waals surface area contributed by atoms with Crippen LogP contribution in [-0.2, 0) is 4.79 Å². The summed E-state index contributed by atoms with van der Waals surface area (Å²) in [7, 11) is 0. The van der Waals surface area contributed by atoms with Crippen molar-refractivity contribution in [3.05, 3.63) is 29.8 Å². The van der Waals surface area contributed by atoms with Crippen molar-refractivity contribution >= 4 is 5.91 Å². The first-order chi connectivity index (χ1) is 6.95. The molecule has 1 amide bonds. The smallest absolute Gasteiger partial charge is 0.425 e. The topological polar surface area (TPSA) is 64.3 Å². The Labute approximate surface area is 85.0 Å². The highest BCUT2D eigenvalue weighted by Gasteiger charge is 2.41. The van der Waals surface area contributed by atoms with E-state index < -0.39 is 12.0 Å². The molecule has 0 saturated heterocycles. The zero-order valence-electron chi connectivity index (χ0n) is 7.96. The second kappa shape index (κ2) is 4.22. The van der Waals surface area contributed by atoms with Gasteiger partial charge in [0.2, 0.25) is 0 Å². The molecule has 0 aromatic heterocycles. The van der Waals surface area contributed by atoms with Gasteiger partial charge in [0, 0.05) is 0 Å². The van der Waals surface area contributed by atoms with Crippen LogP contribution in [0.3, 0.4) is 0 Å². The quantitative estimate of drug-likeness (QED) is 0.449. The lowest BCUT2D eigenvalue weighted by Gasteiger charge is -2.15. The summed E-state index contributed by atoms with van der Waals surface area (Å²) in [6, 6.07) is 5.86. The second-order valence-corrected chi connectivity index (χ2v) is 2.91. The molecular weight excluding hydrogens is 206 g/mol. The van der Waals surface area contributed by atoms with Gasteiger partial charge in [0.1, 0.15) is 5.75 Å². The van der Waals surface area contributed by atoms with Crippen LogP contribution in [-0.4, -0.2) is 12.0 Å². The van der Waals surface area contributed by atoms with Gasteiger partial charge in [-0.2, -0.15) is 8.78 Å². The monoisotopic (exact) mass is 216 g/mol. The molecule has 0 bridgehead atoms. The maximum atomic E-state index is 12.9. The SMILES string of the molecule is Cc1ccc(OC(F)(F)C(=O)NN)cc1. The lowest BCUT2D eigenvalue weighted by molar-refractivity contribution is -0.192. The van der Waals surface area contributed by atoms with Crippen LogP contribution in [0.2, 0.25) is 0 Å². The molecule has 0 fully saturated rings. The normalized spacial score (nSPS) is 10.9. The molecule has 82 valence electrons. The van der Waals surface area contributed by atoms with Gasteiger partial charge in [-0.25, -0.2) is 5.84 Å². The molecular formula is C9H10F2N2O2. The van der Waals surface area contributed by atoms with Crippen LogP contribution in [0.25, 0.3) is 0 Å². The molecule has 0 heterocycles. The molecule has 1 rings (SSSR count). The third-order valence-corrected chi connectivity index (χ3v) is 1.66. The van der Waals surface area contributed by atoms with E-state index in [2.05, 4.69) is 10.6 Å². The van der Waals surface area contributed by atoms with Crippen molar-refractivity contribution in [2.45, 2.75) is 13.0 Å². The largest absolute Gasteiger partial charge is 0.483 e. The molecule has 1 aromatic rings. The van der Waals surface area contributed by atoms with Gasteiger partial charge in [0.15, 0.2) is 0 Å². The first-order valence-electron chi connectivity index (χ1n) is 4.10. The molecule has 0 spiro atoms. The minimum atomic E-state index is -3.97. The Morgan fingerprint density at radius 3 is 2.40 bits per heavy atom. The molecule has 0 saturated carbocycles. The Hall–Kier alpha value is -1.69. The molecule has 6 heteroatoms. The van der Waals surface area contributed by atoms with E-state index in [0.717, 1.165) is 5.56 Å². The summed E-state index contributed by atoms with van der Waals surface area (Å²) in [4.78, 5) is 10.6. The molecule has 3 N–H and O–H groups in total. The molecule has 4 nitrogen and oxygen atoms in total. The fourth-order valence-electron chi connectivity index (χ4n) is 0.885. The number of benzene rings is 1. The molecule has 15 heavy (non-hydrogen) atoms. The number of hydrogen-bond acceptors (Lipinski definition) is 3. The number of halogens is 2. The Bertz CT molecular complexity index is 352. The van der Waals surface area contributed by atoms with E-state index in [9.17, 15) is 13.6 Å². The maximum absolute atomic E-state index is 12.9. The number of hydrogen-bond donors (Lipinski definition) is 2. The summed E-state index contributed by atoms with van der Waals surface area (Å²) >= 11 is 0. The Kier molecular flexibility index (Phi) is 3.21. The van der Waals surface area contributed by atoms with Gasteiger partial charge in [-0.05, 0) is 19.1 Å². The molecule has 0 aliphatic carbocycles. The van der Waals surface area contributed by atoms with E-state index >= 15 is 0 Å². The Balaban J connectivity index is 2.77. The van der Waals surface area contributed by atoms with Crippen LogP contribution in [0.4, 0.5) is 8.78 Å². The Morgan fingerprint density at radius 2 is 1.93 bits per heavy atom. The molecule has 1 aromatic carbocycles. The van der Waals surface area contributed by atoms with Crippen molar-refractivity contribution in [1.82, 2.24) is 5.43 Å². The third-order valence-electron chi connectivity index (χ3n) is 1.66. The third kappa shape index (κ3) is 2.88. The fourth-order valence-corrected chi connectivity index (χ4v) is 0.885. The van der Waals surface area contributed by atoms with Crippen LogP contribution in [0.5, 0.6) is 5.75 Å². The number of carbonyl (C=O) groups excluding carboxylic acids is 1.